The van der Waals surface area contributed by atoms with Gasteiger partial charge in [-0.2, -0.15) is 0 Å². The molecule has 154 valence electrons. The average molecular weight is 443 g/mol. The average Bonchev–Trinajstić information content (AvgIpc) is 2.76. The Morgan fingerprint density at radius 1 is 0.900 bits per heavy atom. The lowest BCUT2D eigenvalue weighted by Gasteiger charge is -2.36. The van der Waals surface area contributed by atoms with Gasteiger partial charge >= 0.3 is 6.03 Å². The van der Waals surface area contributed by atoms with Crippen molar-refractivity contribution in [3.63, 3.8) is 0 Å². The zero-order chi connectivity index (χ0) is 21.3. The van der Waals surface area contributed by atoms with E-state index in [9.17, 15) is 13.2 Å². The van der Waals surface area contributed by atoms with Crippen LogP contribution in [0.3, 0.4) is 0 Å². The summed E-state index contributed by atoms with van der Waals surface area (Å²) in [4.78, 5) is 14.9. The highest BCUT2D eigenvalue weighted by Gasteiger charge is 2.41. The summed E-state index contributed by atoms with van der Waals surface area (Å²) in [7, 11) is -2.45. The molecule has 0 atom stereocenters. The fraction of sp³-hybridized carbons (Fsp3) is 0.136. The van der Waals surface area contributed by atoms with Gasteiger partial charge in [-0.3, -0.25) is 4.90 Å². The Morgan fingerprint density at radius 2 is 1.57 bits per heavy atom. The second kappa shape index (κ2) is 8.01. The summed E-state index contributed by atoms with van der Waals surface area (Å²) in [5.74, 6) is 0.650. The molecule has 1 heterocycles. The highest BCUT2D eigenvalue weighted by molar-refractivity contribution is 7.90. The Bertz CT molecular complexity index is 1200. The maximum absolute atomic E-state index is 13.4. The normalized spacial score (nSPS) is 15.1. The number of hydrogen-bond donors (Lipinski definition) is 0. The van der Waals surface area contributed by atoms with Crippen LogP contribution in [0.25, 0.3) is 0 Å². The number of urea groups is 1. The molecule has 6 nitrogen and oxygen atoms in total. The van der Waals surface area contributed by atoms with E-state index < -0.39 is 16.1 Å². The molecule has 2 amide bonds. The van der Waals surface area contributed by atoms with Crippen LogP contribution in [-0.4, -0.2) is 25.9 Å². The van der Waals surface area contributed by atoms with E-state index >= 15 is 0 Å². The van der Waals surface area contributed by atoms with Crippen molar-refractivity contribution in [3.05, 3.63) is 88.9 Å². The molecule has 0 spiro atoms. The number of benzene rings is 3. The zero-order valence-electron chi connectivity index (χ0n) is 16.2. The van der Waals surface area contributed by atoms with E-state index in [2.05, 4.69) is 0 Å². The predicted octanol–water partition coefficient (Wildman–Crippen LogP) is 4.68. The van der Waals surface area contributed by atoms with E-state index in [4.69, 9.17) is 16.3 Å². The van der Waals surface area contributed by atoms with Gasteiger partial charge in [0, 0.05) is 5.02 Å². The van der Waals surface area contributed by atoms with Gasteiger partial charge in [-0.05, 0) is 41.5 Å². The molecule has 0 aliphatic carbocycles. The molecule has 3 aromatic carbocycles. The first-order valence-corrected chi connectivity index (χ1v) is 11.0. The van der Waals surface area contributed by atoms with E-state index in [1.165, 1.54) is 11.0 Å². The lowest BCUT2D eigenvalue weighted by molar-refractivity contribution is 0.226. The fourth-order valence-electron chi connectivity index (χ4n) is 3.36. The first-order chi connectivity index (χ1) is 14.4. The number of rotatable bonds is 5. The number of anilines is 1. The number of nitrogens with zero attached hydrogens (tertiary/aromatic N) is 2. The number of amides is 2. The number of carbonyl (C=O) groups is 1. The Morgan fingerprint density at radius 3 is 2.27 bits per heavy atom. The first kappa shape index (κ1) is 20.3. The number of methoxy groups -OCH3 is 1. The third-order valence-electron chi connectivity index (χ3n) is 4.94. The van der Waals surface area contributed by atoms with Crippen LogP contribution >= 0.6 is 11.6 Å². The molecule has 3 aromatic rings. The highest BCUT2D eigenvalue weighted by Crippen LogP contribution is 2.36. The molecule has 0 unspecified atom stereocenters. The van der Waals surface area contributed by atoms with Gasteiger partial charge in [0.25, 0.3) is 10.0 Å². The van der Waals surface area contributed by atoms with E-state index in [1.54, 1.807) is 61.7 Å². The van der Waals surface area contributed by atoms with Gasteiger partial charge < -0.3 is 4.74 Å². The van der Waals surface area contributed by atoms with Crippen LogP contribution < -0.4 is 9.64 Å². The molecule has 1 aliphatic heterocycles. The molecule has 0 aromatic heterocycles. The number of fused-ring (bicyclic) bond motifs is 1. The molecule has 0 saturated carbocycles. The lowest BCUT2D eigenvalue weighted by Crippen LogP contribution is -2.50. The van der Waals surface area contributed by atoms with Crippen molar-refractivity contribution < 1.29 is 17.9 Å². The molecule has 1 aliphatic rings. The van der Waals surface area contributed by atoms with E-state index in [-0.39, 0.29) is 18.0 Å². The molecule has 30 heavy (non-hydrogen) atoms. The molecule has 0 saturated heterocycles. The Balaban J connectivity index is 1.75. The number of sulfonamides is 1. The summed E-state index contributed by atoms with van der Waals surface area (Å²) >= 11 is 6.29. The van der Waals surface area contributed by atoms with E-state index in [0.717, 1.165) is 9.87 Å². The molecule has 4 rings (SSSR count). The Kier molecular flexibility index (Phi) is 5.40. The zero-order valence-corrected chi connectivity index (χ0v) is 17.7. The van der Waals surface area contributed by atoms with Crippen LogP contribution in [0.4, 0.5) is 10.5 Å². The van der Waals surface area contributed by atoms with Gasteiger partial charge in [0.15, 0.2) is 0 Å². The standard InChI is InChI=1S/C22H19ClN2O4S/c1-29-18-12-10-16(11-13-18)14-25-22(26)24(15-17-6-2-3-7-19(17)23)20-8-4-5-9-21(20)30(25,27)28/h2-13H,14-15H2,1H3. The predicted molar refractivity (Wildman–Crippen MR) is 115 cm³/mol. The Labute approximate surface area is 180 Å². The van der Waals surface area contributed by atoms with Crippen molar-refractivity contribution in [1.82, 2.24) is 4.31 Å². The molecule has 0 bridgehead atoms. The third kappa shape index (κ3) is 3.62. The largest absolute Gasteiger partial charge is 0.497 e. The van der Waals surface area contributed by atoms with Crippen LogP contribution in [0.5, 0.6) is 5.75 Å². The lowest BCUT2D eigenvalue weighted by atomic mass is 10.2. The number of carbonyl (C=O) groups excluding carboxylic acids is 1. The van der Waals surface area contributed by atoms with Crippen molar-refractivity contribution in [2.45, 2.75) is 18.0 Å². The quantitative estimate of drug-likeness (QED) is 0.575. The summed E-state index contributed by atoms with van der Waals surface area (Å²) in [5, 5.41) is 0.512. The summed E-state index contributed by atoms with van der Waals surface area (Å²) in [5.41, 5.74) is 1.74. The van der Waals surface area contributed by atoms with Crippen molar-refractivity contribution in [2.75, 3.05) is 12.0 Å². The molecular weight excluding hydrogens is 424 g/mol. The maximum Gasteiger partial charge on any atom is 0.339 e. The number of para-hydroxylation sites is 1. The summed E-state index contributed by atoms with van der Waals surface area (Å²) in [6.45, 7) is 0.0721. The minimum atomic E-state index is -4.00. The molecule has 8 heteroatoms. The van der Waals surface area contributed by atoms with E-state index in [0.29, 0.717) is 22.0 Å². The minimum absolute atomic E-state index is 0.0848. The van der Waals surface area contributed by atoms with Crippen LogP contribution in [0, 0.1) is 0 Å². The number of halogens is 1. The number of ether oxygens (including phenoxy) is 1. The van der Waals surface area contributed by atoms with Gasteiger partial charge in [-0.1, -0.05) is 54.1 Å². The highest BCUT2D eigenvalue weighted by atomic mass is 35.5. The van der Waals surface area contributed by atoms with Gasteiger partial charge in [0.1, 0.15) is 10.6 Å². The summed E-state index contributed by atoms with van der Waals surface area (Å²) in [6.07, 6.45) is 0. The van der Waals surface area contributed by atoms with Gasteiger partial charge in [-0.15, -0.1) is 0 Å². The molecule has 0 radical (unpaired) electrons. The topological polar surface area (TPSA) is 66.9 Å². The minimum Gasteiger partial charge on any atom is -0.497 e. The van der Waals surface area contributed by atoms with Gasteiger partial charge in [0.05, 0.1) is 25.9 Å². The molecule has 0 fully saturated rings. The second-order valence-corrected chi connectivity index (χ2v) is 9.03. The monoisotopic (exact) mass is 442 g/mol. The van der Waals surface area contributed by atoms with Crippen molar-refractivity contribution in [2.24, 2.45) is 0 Å². The Hall–Kier alpha value is -3.03. The van der Waals surface area contributed by atoms with Crippen molar-refractivity contribution >= 4 is 33.3 Å². The number of hydrogen-bond acceptors (Lipinski definition) is 4. The van der Waals surface area contributed by atoms with Crippen molar-refractivity contribution in [3.8, 4) is 5.75 Å². The van der Waals surface area contributed by atoms with Crippen LogP contribution in [0.15, 0.2) is 77.7 Å². The fourth-order valence-corrected chi connectivity index (χ4v) is 5.11. The summed E-state index contributed by atoms with van der Waals surface area (Å²) in [6, 6.07) is 20.0. The molecular formula is C22H19ClN2O4S. The van der Waals surface area contributed by atoms with Gasteiger partial charge in [-0.25, -0.2) is 17.5 Å². The van der Waals surface area contributed by atoms with Gasteiger partial charge in [0.2, 0.25) is 0 Å². The smallest absolute Gasteiger partial charge is 0.339 e. The van der Waals surface area contributed by atoms with Crippen LogP contribution in [0.2, 0.25) is 5.02 Å². The van der Waals surface area contributed by atoms with E-state index in [1.807, 2.05) is 12.1 Å². The summed E-state index contributed by atoms with van der Waals surface area (Å²) < 4.78 is 32.5. The first-order valence-electron chi connectivity index (χ1n) is 9.21. The third-order valence-corrected chi connectivity index (χ3v) is 7.08. The maximum atomic E-state index is 13.4. The SMILES string of the molecule is COc1ccc(CN2C(=O)N(Cc3ccccc3Cl)c3ccccc3S2(=O)=O)cc1. The second-order valence-electron chi connectivity index (χ2n) is 6.79. The van der Waals surface area contributed by atoms with Crippen LogP contribution in [-0.2, 0) is 23.1 Å². The molecule has 0 N–H and O–H groups in total. The van der Waals surface area contributed by atoms with Crippen molar-refractivity contribution in [1.29, 1.82) is 0 Å². The van der Waals surface area contributed by atoms with Crippen LogP contribution in [0.1, 0.15) is 11.1 Å².